The molecule has 0 spiro atoms. The number of hydrogen-bond acceptors (Lipinski definition) is 5. The zero-order valence-corrected chi connectivity index (χ0v) is 11.7. The van der Waals surface area contributed by atoms with Crippen LogP contribution >= 0.6 is 0 Å². The predicted molar refractivity (Wildman–Crippen MR) is 80.7 cm³/mol. The quantitative estimate of drug-likeness (QED) is 0.644. The lowest BCUT2D eigenvalue weighted by Gasteiger charge is -2.06. The number of carbonyl (C=O) groups excluding carboxylic acids is 1. The highest BCUT2D eigenvalue weighted by molar-refractivity contribution is 6.30. The van der Waals surface area contributed by atoms with E-state index < -0.39 is 16.7 Å². The van der Waals surface area contributed by atoms with Crippen LogP contribution in [0.3, 0.4) is 0 Å². The standard InChI is InChI=1S/C16H12N2O4/c1-22-13-9-5-4-8-12(13)17-14-10-6-2-3-7-11(10)16(19)15(14)18(20)21/h2-9,15H,1H3. The maximum Gasteiger partial charge on any atom is 0.316 e. The Hall–Kier alpha value is -3.02. The molecule has 0 amide bonds. The zero-order chi connectivity index (χ0) is 15.7. The minimum atomic E-state index is -1.47. The SMILES string of the molecule is COc1ccccc1N=C1c2ccccc2C(=O)C1[N+](=O)[O-]. The second-order valence-corrected chi connectivity index (χ2v) is 4.77. The lowest BCUT2D eigenvalue weighted by molar-refractivity contribution is -0.485. The number of nitrogens with zero attached hydrogens (tertiary/aromatic N) is 2. The molecule has 0 fully saturated rings. The van der Waals surface area contributed by atoms with E-state index in [-0.39, 0.29) is 5.71 Å². The van der Waals surface area contributed by atoms with E-state index in [0.29, 0.717) is 22.6 Å². The van der Waals surface area contributed by atoms with Crippen LogP contribution in [0.4, 0.5) is 5.69 Å². The second-order valence-electron chi connectivity index (χ2n) is 4.77. The van der Waals surface area contributed by atoms with Crippen molar-refractivity contribution in [2.75, 3.05) is 7.11 Å². The number of hydrogen-bond donors (Lipinski definition) is 0. The third kappa shape index (κ3) is 2.14. The molecule has 0 radical (unpaired) electrons. The lowest BCUT2D eigenvalue weighted by Crippen LogP contribution is -2.31. The number of fused-ring (bicyclic) bond motifs is 1. The highest BCUT2D eigenvalue weighted by Crippen LogP contribution is 2.31. The highest BCUT2D eigenvalue weighted by atomic mass is 16.6. The molecule has 2 aromatic rings. The summed E-state index contributed by atoms with van der Waals surface area (Å²) in [7, 11) is 1.50. The molecule has 6 nitrogen and oxygen atoms in total. The Morgan fingerprint density at radius 3 is 2.41 bits per heavy atom. The summed E-state index contributed by atoms with van der Waals surface area (Å²) in [6.45, 7) is 0. The molecule has 1 atom stereocenters. The molecule has 0 saturated heterocycles. The van der Waals surface area contributed by atoms with E-state index in [9.17, 15) is 14.9 Å². The number of para-hydroxylation sites is 2. The van der Waals surface area contributed by atoms with Crippen molar-refractivity contribution >= 4 is 17.2 Å². The Morgan fingerprint density at radius 1 is 1.09 bits per heavy atom. The van der Waals surface area contributed by atoms with Gasteiger partial charge in [-0.15, -0.1) is 0 Å². The van der Waals surface area contributed by atoms with Gasteiger partial charge in [-0.1, -0.05) is 36.4 Å². The fourth-order valence-corrected chi connectivity index (χ4v) is 2.51. The van der Waals surface area contributed by atoms with Gasteiger partial charge in [0, 0.05) is 16.1 Å². The average molecular weight is 296 g/mol. The molecule has 0 aliphatic heterocycles. The minimum absolute atomic E-state index is 0.148. The zero-order valence-electron chi connectivity index (χ0n) is 11.7. The summed E-state index contributed by atoms with van der Waals surface area (Å²) in [4.78, 5) is 27.3. The molecule has 3 rings (SSSR count). The number of rotatable bonds is 3. The van der Waals surface area contributed by atoms with Crippen LogP contribution < -0.4 is 4.74 Å². The van der Waals surface area contributed by atoms with E-state index >= 15 is 0 Å². The fourth-order valence-electron chi connectivity index (χ4n) is 2.51. The van der Waals surface area contributed by atoms with E-state index in [1.54, 1.807) is 48.5 Å². The van der Waals surface area contributed by atoms with Gasteiger partial charge in [0.05, 0.1) is 7.11 Å². The van der Waals surface area contributed by atoms with Crippen LogP contribution in [-0.2, 0) is 0 Å². The first-order valence-electron chi connectivity index (χ1n) is 6.62. The van der Waals surface area contributed by atoms with Crippen LogP contribution in [0.25, 0.3) is 0 Å². The van der Waals surface area contributed by atoms with Crippen LogP contribution in [0.1, 0.15) is 15.9 Å². The normalized spacial score (nSPS) is 18.3. The molecular weight excluding hydrogens is 284 g/mol. The first-order valence-corrected chi connectivity index (χ1v) is 6.62. The van der Waals surface area contributed by atoms with Crippen molar-refractivity contribution in [3.05, 3.63) is 69.8 Å². The van der Waals surface area contributed by atoms with Gasteiger partial charge in [-0.3, -0.25) is 14.9 Å². The Balaban J connectivity index is 2.20. The number of aliphatic imine (C=N–C) groups is 1. The smallest absolute Gasteiger partial charge is 0.316 e. The van der Waals surface area contributed by atoms with Crippen LogP contribution in [0, 0.1) is 10.1 Å². The Kier molecular flexibility index (Phi) is 3.42. The van der Waals surface area contributed by atoms with Crippen molar-refractivity contribution in [3.8, 4) is 5.75 Å². The van der Waals surface area contributed by atoms with Crippen molar-refractivity contribution in [1.29, 1.82) is 0 Å². The molecule has 6 heteroatoms. The number of methoxy groups -OCH3 is 1. The van der Waals surface area contributed by atoms with E-state index in [0.717, 1.165) is 0 Å². The van der Waals surface area contributed by atoms with Crippen molar-refractivity contribution < 1.29 is 14.5 Å². The third-order valence-electron chi connectivity index (χ3n) is 3.51. The van der Waals surface area contributed by atoms with Gasteiger partial charge >= 0.3 is 6.04 Å². The number of benzene rings is 2. The molecule has 1 aliphatic rings. The molecule has 1 aliphatic carbocycles. The van der Waals surface area contributed by atoms with Crippen molar-refractivity contribution in [1.82, 2.24) is 0 Å². The van der Waals surface area contributed by atoms with Crippen LogP contribution in [0.5, 0.6) is 5.75 Å². The highest BCUT2D eigenvalue weighted by Gasteiger charge is 2.45. The van der Waals surface area contributed by atoms with E-state index in [1.807, 2.05) is 0 Å². The van der Waals surface area contributed by atoms with Crippen LogP contribution in [-0.4, -0.2) is 29.6 Å². The second kappa shape index (κ2) is 5.40. The number of ether oxygens (including phenoxy) is 1. The topological polar surface area (TPSA) is 81.8 Å². The van der Waals surface area contributed by atoms with Crippen molar-refractivity contribution in [2.24, 2.45) is 4.99 Å². The first-order chi connectivity index (χ1) is 10.6. The summed E-state index contributed by atoms with van der Waals surface area (Å²) in [5, 5.41) is 11.3. The summed E-state index contributed by atoms with van der Waals surface area (Å²) >= 11 is 0. The van der Waals surface area contributed by atoms with E-state index in [4.69, 9.17) is 4.74 Å². The average Bonchev–Trinajstić information content (AvgIpc) is 2.81. The van der Waals surface area contributed by atoms with Gasteiger partial charge in [-0.2, -0.15) is 0 Å². The molecular formula is C16H12N2O4. The molecule has 2 aromatic carbocycles. The molecule has 0 N–H and O–H groups in total. The van der Waals surface area contributed by atoms with Gasteiger partial charge in [0.15, 0.2) is 0 Å². The number of ketones is 1. The molecule has 0 saturated carbocycles. The van der Waals surface area contributed by atoms with Crippen molar-refractivity contribution in [3.63, 3.8) is 0 Å². The summed E-state index contributed by atoms with van der Waals surface area (Å²) in [5.41, 5.74) is 1.43. The molecule has 0 bridgehead atoms. The monoisotopic (exact) mass is 296 g/mol. The van der Waals surface area contributed by atoms with Crippen molar-refractivity contribution in [2.45, 2.75) is 6.04 Å². The molecule has 1 unspecified atom stereocenters. The van der Waals surface area contributed by atoms with E-state index in [2.05, 4.69) is 4.99 Å². The van der Waals surface area contributed by atoms with Gasteiger partial charge < -0.3 is 4.74 Å². The van der Waals surface area contributed by atoms with Gasteiger partial charge in [-0.25, -0.2) is 4.99 Å². The molecule has 22 heavy (non-hydrogen) atoms. The summed E-state index contributed by atoms with van der Waals surface area (Å²) in [5.74, 6) is -0.0387. The van der Waals surface area contributed by atoms with Gasteiger partial charge in [0.2, 0.25) is 5.78 Å². The van der Waals surface area contributed by atoms with Crippen LogP contribution in [0.15, 0.2) is 53.5 Å². The number of nitro groups is 1. The maximum atomic E-state index is 12.2. The molecule has 0 aromatic heterocycles. The summed E-state index contributed by atoms with van der Waals surface area (Å²) < 4.78 is 5.20. The van der Waals surface area contributed by atoms with E-state index in [1.165, 1.54) is 7.11 Å². The van der Waals surface area contributed by atoms with Gasteiger partial charge in [0.25, 0.3) is 0 Å². The summed E-state index contributed by atoms with van der Waals surface area (Å²) in [6.07, 6.45) is 0. The van der Waals surface area contributed by atoms with Gasteiger partial charge in [0.1, 0.15) is 17.1 Å². The van der Waals surface area contributed by atoms with Gasteiger partial charge in [-0.05, 0) is 12.1 Å². The Bertz CT molecular complexity index is 798. The fraction of sp³-hybridized carbons (Fsp3) is 0.125. The lowest BCUT2D eigenvalue weighted by atomic mass is 10.1. The largest absolute Gasteiger partial charge is 0.494 e. The Labute approximate surface area is 126 Å². The molecule has 110 valence electrons. The predicted octanol–water partition coefficient (Wildman–Crippen LogP) is 2.66. The number of Topliss-reactive ketones (excluding diaryl/α,β-unsaturated/α-hetero) is 1. The summed E-state index contributed by atoms with van der Waals surface area (Å²) in [6, 6.07) is 12.1. The first kappa shape index (κ1) is 13.9. The Morgan fingerprint density at radius 2 is 1.73 bits per heavy atom. The molecule has 0 heterocycles. The minimum Gasteiger partial charge on any atom is -0.494 e. The van der Waals surface area contributed by atoms with Crippen LogP contribution in [0.2, 0.25) is 0 Å². The maximum absolute atomic E-state index is 12.2. The third-order valence-corrected chi connectivity index (χ3v) is 3.51. The number of carbonyl (C=O) groups is 1.